The van der Waals surface area contributed by atoms with Crippen molar-refractivity contribution < 1.29 is 14.3 Å². The molecule has 0 atom stereocenters. The molecule has 0 saturated heterocycles. The number of fused-ring (bicyclic) bond motifs is 1. The predicted octanol–water partition coefficient (Wildman–Crippen LogP) is 2.74. The van der Waals surface area contributed by atoms with E-state index < -0.39 is 5.97 Å². The molecular weight excluding hydrogens is 344 g/mol. The summed E-state index contributed by atoms with van der Waals surface area (Å²) in [5, 5.41) is 11.0. The second-order valence-electron chi connectivity index (χ2n) is 5.93. The summed E-state index contributed by atoms with van der Waals surface area (Å²) in [6.07, 6.45) is 0. The Morgan fingerprint density at radius 1 is 1.15 bits per heavy atom. The highest BCUT2D eigenvalue weighted by Crippen LogP contribution is 2.21. The molecule has 27 heavy (non-hydrogen) atoms. The zero-order valence-electron chi connectivity index (χ0n) is 14.9. The number of nitrogens with one attached hydrogen (secondary N) is 2. The van der Waals surface area contributed by atoms with Crippen LogP contribution in [-0.4, -0.2) is 28.9 Å². The number of carbonyl (C=O) groups excluding carboxylic acids is 2. The number of esters is 1. The minimum Gasteiger partial charge on any atom is -0.461 e. The summed E-state index contributed by atoms with van der Waals surface area (Å²) < 4.78 is 6.76. The number of hydrogen-bond donors (Lipinski definition) is 3. The fourth-order valence-electron chi connectivity index (χ4n) is 2.83. The zero-order valence-corrected chi connectivity index (χ0v) is 14.9. The minimum absolute atomic E-state index is 0.0316. The third-order valence-corrected chi connectivity index (χ3v) is 4.08. The molecule has 7 heteroatoms. The lowest BCUT2D eigenvalue weighted by molar-refractivity contribution is -0.116. The molecule has 4 N–H and O–H groups in total. The van der Waals surface area contributed by atoms with E-state index in [4.69, 9.17) is 15.9 Å². The molecule has 0 bridgehead atoms. The summed E-state index contributed by atoms with van der Waals surface area (Å²) in [4.78, 5) is 24.8. The number of ether oxygens (including phenoxy) is 1. The molecule has 0 spiro atoms. The van der Waals surface area contributed by atoms with E-state index >= 15 is 0 Å². The van der Waals surface area contributed by atoms with Crippen LogP contribution in [-0.2, 0) is 16.1 Å². The van der Waals surface area contributed by atoms with Gasteiger partial charge in [0, 0.05) is 22.2 Å². The van der Waals surface area contributed by atoms with Crippen LogP contribution in [0.4, 0.5) is 5.69 Å². The first kappa shape index (κ1) is 18.2. The van der Waals surface area contributed by atoms with Crippen molar-refractivity contribution in [3.63, 3.8) is 0 Å². The van der Waals surface area contributed by atoms with E-state index in [1.807, 2.05) is 24.3 Å². The second-order valence-corrected chi connectivity index (χ2v) is 5.93. The summed E-state index contributed by atoms with van der Waals surface area (Å²) in [5.41, 5.74) is 7.70. The van der Waals surface area contributed by atoms with Crippen molar-refractivity contribution in [3.05, 3.63) is 65.9 Å². The Labute approximate surface area is 156 Å². The van der Waals surface area contributed by atoms with Crippen LogP contribution in [0.15, 0.2) is 54.6 Å². The third-order valence-electron chi connectivity index (χ3n) is 4.08. The van der Waals surface area contributed by atoms with E-state index in [1.165, 1.54) is 0 Å². The number of nitrogens with zero attached hydrogens (tertiary/aromatic N) is 1. The second kappa shape index (κ2) is 7.74. The summed E-state index contributed by atoms with van der Waals surface area (Å²) >= 11 is 0. The number of rotatable bonds is 6. The molecule has 7 nitrogen and oxygen atoms in total. The van der Waals surface area contributed by atoms with Gasteiger partial charge in [-0.15, -0.1) is 0 Å². The molecular formula is C20H20N4O3. The Balaban J connectivity index is 1.84. The number of para-hydroxylation sites is 1. The van der Waals surface area contributed by atoms with Gasteiger partial charge in [0.15, 0.2) is 0 Å². The number of nitrogen functional groups attached to an aromatic ring is 1. The Bertz CT molecular complexity index is 1010. The highest BCUT2D eigenvalue weighted by atomic mass is 16.5. The van der Waals surface area contributed by atoms with Crippen molar-refractivity contribution >= 4 is 34.3 Å². The van der Waals surface area contributed by atoms with Gasteiger partial charge in [-0.2, -0.15) is 0 Å². The first-order valence-electron chi connectivity index (χ1n) is 8.49. The topological polar surface area (TPSA) is 110 Å². The van der Waals surface area contributed by atoms with Gasteiger partial charge in [-0.25, -0.2) is 4.79 Å². The monoisotopic (exact) mass is 364 g/mol. The van der Waals surface area contributed by atoms with Gasteiger partial charge in [0.25, 0.3) is 0 Å². The number of hydrogen-bond acceptors (Lipinski definition) is 4. The average Bonchev–Trinajstić information content (AvgIpc) is 3.01. The average molecular weight is 364 g/mol. The smallest absolute Gasteiger partial charge is 0.354 e. The van der Waals surface area contributed by atoms with Gasteiger partial charge in [0.05, 0.1) is 6.61 Å². The number of carbonyl (C=O) groups is 2. The molecule has 3 rings (SSSR count). The van der Waals surface area contributed by atoms with Crippen LogP contribution in [0.1, 0.15) is 23.0 Å². The lowest BCUT2D eigenvalue weighted by Gasteiger charge is -2.11. The number of benzene rings is 2. The Morgan fingerprint density at radius 2 is 1.85 bits per heavy atom. The first-order chi connectivity index (χ1) is 13.0. The van der Waals surface area contributed by atoms with Crippen LogP contribution in [0.25, 0.3) is 10.9 Å². The van der Waals surface area contributed by atoms with Gasteiger partial charge < -0.3 is 20.4 Å². The van der Waals surface area contributed by atoms with Crippen molar-refractivity contribution in [2.45, 2.75) is 13.5 Å². The maximum Gasteiger partial charge on any atom is 0.354 e. The Morgan fingerprint density at radius 3 is 2.52 bits per heavy atom. The van der Waals surface area contributed by atoms with Crippen LogP contribution >= 0.6 is 0 Å². The lowest BCUT2D eigenvalue weighted by atomic mass is 10.2. The minimum atomic E-state index is -0.465. The zero-order chi connectivity index (χ0) is 19.4. The first-order valence-corrected chi connectivity index (χ1v) is 8.49. The van der Waals surface area contributed by atoms with Gasteiger partial charge >= 0.3 is 5.97 Å². The van der Waals surface area contributed by atoms with E-state index in [0.29, 0.717) is 16.9 Å². The van der Waals surface area contributed by atoms with Gasteiger partial charge in [0.2, 0.25) is 5.91 Å². The normalized spacial score (nSPS) is 10.6. The maximum atomic E-state index is 12.5. The highest BCUT2D eigenvalue weighted by molar-refractivity contribution is 5.99. The molecule has 0 radical (unpaired) electrons. The molecule has 0 unspecified atom stereocenters. The summed E-state index contributed by atoms with van der Waals surface area (Å²) in [7, 11) is 0. The van der Waals surface area contributed by atoms with Crippen LogP contribution in [0.2, 0.25) is 0 Å². The number of nitrogens with two attached hydrogens (primary N) is 1. The van der Waals surface area contributed by atoms with Crippen LogP contribution in [0.5, 0.6) is 0 Å². The van der Waals surface area contributed by atoms with E-state index in [0.717, 1.165) is 10.9 Å². The van der Waals surface area contributed by atoms with Crippen molar-refractivity contribution in [2.24, 2.45) is 5.73 Å². The van der Waals surface area contributed by atoms with E-state index in [2.05, 4.69) is 5.32 Å². The number of anilines is 1. The van der Waals surface area contributed by atoms with Gasteiger partial charge in [-0.3, -0.25) is 10.2 Å². The highest BCUT2D eigenvalue weighted by Gasteiger charge is 2.18. The predicted molar refractivity (Wildman–Crippen MR) is 104 cm³/mol. The van der Waals surface area contributed by atoms with Crippen molar-refractivity contribution in [1.29, 1.82) is 5.41 Å². The molecule has 0 saturated carbocycles. The third kappa shape index (κ3) is 3.98. The van der Waals surface area contributed by atoms with Crippen molar-refractivity contribution in [2.75, 3.05) is 11.9 Å². The number of aromatic nitrogens is 1. The molecule has 0 fully saturated rings. The fraction of sp³-hybridized carbons (Fsp3) is 0.150. The van der Waals surface area contributed by atoms with Crippen molar-refractivity contribution in [3.8, 4) is 0 Å². The summed E-state index contributed by atoms with van der Waals surface area (Å²) in [6, 6.07) is 15.9. The SMILES string of the molecule is CCOC(=O)c1cc2ccccc2n1CC(=O)Nc1ccc(C(=N)N)cc1. The molecule has 3 aromatic rings. The van der Waals surface area contributed by atoms with Crippen LogP contribution < -0.4 is 11.1 Å². The quantitative estimate of drug-likeness (QED) is 0.355. The number of amidine groups is 1. The van der Waals surface area contributed by atoms with Crippen molar-refractivity contribution in [1.82, 2.24) is 4.57 Å². The van der Waals surface area contributed by atoms with Gasteiger partial charge in [0.1, 0.15) is 18.1 Å². The Hall–Kier alpha value is -3.61. The van der Waals surface area contributed by atoms with E-state index in [9.17, 15) is 9.59 Å². The molecule has 0 aliphatic carbocycles. The molecule has 138 valence electrons. The maximum absolute atomic E-state index is 12.5. The largest absolute Gasteiger partial charge is 0.461 e. The molecule has 1 amide bonds. The van der Waals surface area contributed by atoms with E-state index in [1.54, 1.807) is 41.8 Å². The standard InChI is InChI=1S/C20H20N4O3/c1-2-27-20(26)17-11-14-5-3-4-6-16(14)24(17)12-18(25)23-15-9-7-13(8-10-15)19(21)22/h3-11H,2,12H2,1H3,(H3,21,22)(H,23,25). The molecule has 1 heterocycles. The van der Waals surface area contributed by atoms with Crippen LogP contribution in [0, 0.1) is 5.41 Å². The molecule has 0 aliphatic rings. The molecule has 2 aromatic carbocycles. The molecule has 1 aromatic heterocycles. The van der Waals surface area contributed by atoms with Crippen LogP contribution in [0.3, 0.4) is 0 Å². The van der Waals surface area contributed by atoms with Gasteiger partial charge in [-0.05, 0) is 43.3 Å². The fourth-order valence-corrected chi connectivity index (χ4v) is 2.83. The summed E-state index contributed by atoms with van der Waals surface area (Å²) in [5.74, 6) is -0.782. The summed E-state index contributed by atoms with van der Waals surface area (Å²) in [6.45, 7) is 1.97. The van der Waals surface area contributed by atoms with E-state index in [-0.39, 0.29) is 24.9 Å². The lowest BCUT2D eigenvalue weighted by Crippen LogP contribution is -2.22. The number of amides is 1. The molecule has 0 aliphatic heterocycles. The van der Waals surface area contributed by atoms with Gasteiger partial charge in [-0.1, -0.05) is 18.2 Å². The Kier molecular flexibility index (Phi) is 5.21.